The van der Waals surface area contributed by atoms with Gasteiger partial charge in [0.15, 0.2) is 0 Å². The predicted molar refractivity (Wildman–Crippen MR) is 106 cm³/mol. The highest BCUT2D eigenvalue weighted by atomic mass is 32.1. The Bertz CT molecular complexity index is 1080. The molecule has 0 N–H and O–H groups in total. The van der Waals surface area contributed by atoms with Gasteiger partial charge in [0.2, 0.25) is 0 Å². The number of thiophene rings is 1. The van der Waals surface area contributed by atoms with Crippen molar-refractivity contribution in [3.8, 4) is 16.3 Å². The molecule has 0 aliphatic heterocycles. The first-order valence-corrected chi connectivity index (χ1v) is 9.33. The number of hydrogen-bond donors (Lipinski definition) is 0. The lowest BCUT2D eigenvalue weighted by molar-refractivity contribution is 0.288. The lowest BCUT2D eigenvalue weighted by Crippen LogP contribution is -2.26. The third-order valence-corrected chi connectivity index (χ3v) is 5.09. The van der Waals surface area contributed by atoms with Crippen LogP contribution in [0.2, 0.25) is 0 Å². The van der Waals surface area contributed by atoms with Crippen LogP contribution in [0, 0.1) is 6.92 Å². The van der Waals surface area contributed by atoms with Gasteiger partial charge in [-0.15, -0.1) is 11.3 Å². The second-order valence-electron chi connectivity index (χ2n) is 6.06. The molecule has 0 aliphatic carbocycles. The van der Waals surface area contributed by atoms with Crippen molar-refractivity contribution in [2.45, 2.75) is 13.5 Å². The van der Waals surface area contributed by atoms with Crippen molar-refractivity contribution in [2.24, 2.45) is 0 Å². The van der Waals surface area contributed by atoms with E-state index in [1.807, 2.05) is 73.0 Å². The zero-order valence-electron chi connectivity index (χ0n) is 14.4. The van der Waals surface area contributed by atoms with Gasteiger partial charge in [-0.25, -0.2) is 4.68 Å². The Morgan fingerprint density at radius 1 is 1.00 bits per heavy atom. The summed E-state index contributed by atoms with van der Waals surface area (Å²) in [6.07, 6.45) is 0. The smallest absolute Gasteiger partial charge is 0.274 e. The van der Waals surface area contributed by atoms with E-state index in [1.54, 1.807) is 11.3 Å². The summed E-state index contributed by atoms with van der Waals surface area (Å²) in [6, 6.07) is 19.5. The first-order valence-electron chi connectivity index (χ1n) is 8.45. The molecule has 0 saturated heterocycles. The Labute approximate surface area is 155 Å². The maximum Gasteiger partial charge on any atom is 0.274 e. The molecular formula is C21H18N2O2S. The summed E-state index contributed by atoms with van der Waals surface area (Å²) >= 11 is 1.62. The minimum absolute atomic E-state index is 0.0894. The van der Waals surface area contributed by atoms with Gasteiger partial charge in [-0.2, -0.15) is 5.10 Å². The summed E-state index contributed by atoms with van der Waals surface area (Å²) in [6.45, 7) is 2.82. The third-order valence-electron chi connectivity index (χ3n) is 4.22. The van der Waals surface area contributed by atoms with Crippen LogP contribution < -0.4 is 10.3 Å². The van der Waals surface area contributed by atoms with E-state index in [9.17, 15) is 4.79 Å². The molecule has 0 amide bonds. The van der Waals surface area contributed by atoms with E-state index in [1.165, 1.54) is 10.2 Å². The van der Waals surface area contributed by atoms with Crippen molar-refractivity contribution in [3.05, 3.63) is 82.0 Å². The highest BCUT2D eigenvalue weighted by molar-refractivity contribution is 7.13. The van der Waals surface area contributed by atoms with Crippen LogP contribution in [0.3, 0.4) is 0 Å². The van der Waals surface area contributed by atoms with E-state index in [0.29, 0.717) is 18.5 Å². The molecule has 0 spiro atoms. The van der Waals surface area contributed by atoms with Gasteiger partial charge in [-0.3, -0.25) is 4.79 Å². The van der Waals surface area contributed by atoms with Crippen molar-refractivity contribution >= 4 is 22.1 Å². The molecule has 4 rings (SSSR count). The van der Waals surface area contributed by atoms with E-state index >= 15 is 0 Å². The van der Waals surface area contributed by atoms with Crippen LogP contribution in [-0.2, 0) is 6.54 Å². The molecular weight excluding hydrogens is 344 g/mol. The molecule has 2 aromatic heterocycles. The molecule has 0 saturated carbocycles. The minimum Gasteiger partial charge on any atom is -0.492 e. The molecule has 26 heavy (non-hydrogen) atoms. The molecule has 0 aliphatic rings. The number of ether oxygens (including phenoxy) is 1. The van der Waals surface area contributed by atoms with Gasteiger partial charge in [0.25, 0.3) is 5.56 Å². The van der Waals surface area contributed by atoms with Gasteiger partial charge in [-0.05, 0) is 36.6 Å². The van der Waals surface area contributed by atoms with E-state index in [-0.39, 0.29) is 5.56 Å². The van der Waals surface area contributed by atoms with Gasteiger partial charge in [0.05, 0.1) is 16.8 Å². The van der Waals surface area contributed by atoms with Gasteiger partial charge in [-0.1, -0.05) is 42.0 Å². The monoisotopic (exact) mass is 362 g/mol. The highest BCUT2D eigenvalue weighted by Crippen LogP contribution is 2.28. The lowest BCUT2D eigenvalue weighted by atomic mass is 10.1. The zero-order chi connectivity index (χ0) is 17.9. The van der Waals surface area contributed by atoms with Crippen molar-refractivity contribution in [1.29, 1.82) is 0 Å². The molecule has 2 aromatic carbocycles. The summed E-state index contributed by atoms with van der Waals surface area (Å²) in [5, 5.41) is 8.20. The van der Waals surface area contributed by atoms with E-state index in [2.05, 4.69) is 5.10 Å². The molecule has 4 nitrogen and oxygen atoms in total. The fourth-order valence-electron chi connectivity index (χ4n) is 2.87. The Balaban J connectivity index is 1.65. The lowest BCUT2D eigenvalue weighted by Gasteiger charge is -2.11. The average molecular weight is 362 g/mol. The van der Waals surface area contributed by atoms with Crippen molar-refractivity contribution in [2.75, 3.05) is 6.61 Å². The van der Waals surface area contributed by atoms with Crippen LogP contribution in [0.25, 0.3) is 21.3 Å². The molecule has 2 heterocycles. The number of hydrogen-bond acceptors (Lipinski definition) is 4. The molecule has 0 atom stereocenters. The topological polar surface area (TPSA) is 44.1 Å². The standard InChI is InChI=1S/C21H18N2O2S/c1-15-8-10-16(11-9-15)25-13-12-23-21(24)18-6-3-2-5-17(18)20(22-23)19-7-4-14-26-19/h2-11,14H,12-13H2,1H3. The van der Waals surface area contributed by atoms with Gasteiger partial charge in [0, 0.05) is 5.39 Å². The normalized spacial score (nSPS) is 11.0. The van der Waals surface area contributed by atoms with Crippen LogP contribution in [0.4, 0.5) is 0 Å². The predicted octanol–water partition coefficient (Wildman–Crippen LogP) is 4.51. The van der Waals surface area contributed by atoms with Gasteiger partial charge >= 0.3 is 0 Å². The Morgan fingerprint density at radius 3 is 2.50 bits per heavy atom. The van der Waals surface area contributed by atoms with Crippen LogP contribution in [0.1, 0.15) is 5.56 Å². The van der Waals surface area contributed by atoms with Crippen LogP contribution >= 0.6 is 11.3 Å². The number of aromatic nitrogens is 2. The summed E-state index contributed by atoms with van der Waals surface area (Å²) < 4.78 is 7.27. The van der Waals surface area contributed by atoms with Crippen LogP contribution in [0.5, 0.6) is 5.75 Å². The fraction of sp³-hybridized carbons (Fsp3) is 0.143. The highest BCUT2D eigenvalue weighted by Gasteiger charge is 2.12. The van der Waals surface area contributed by atoms with Crippen LogP contribution in [0.15, 0.2) is 70.8 Å². The SMILES string of the molecule is Cc1ccc(OCCn2nc(-c3cccs3)c3ccccc3c2=O)cc1. The molecule has 5 heteroatoms. The van der Waals surface area contributed by atoms with Crippen molar-refractivity contribution < 1.29 is 4.74 Å². The van der Waals surface area contributed by atoms with E-state index < -0.39 is 0 Å². The van der Waals surface area contributed by atoms with E-state index in [4.69, 9.17) is 4.74 Å². The molecule has 4 aromatic rings. The first-order chi connectivity index (χ1) is 12.7. The number of aryl methyl sites for hydroxylation is 1. The molecule has 0 fully saturated rings. The third kappa shape index (κ3) is 3.26. The Morgan fingerprint density at radius 2 is 1.77 bits per heavy atom. The summed E-state index contributed by atoms with van der Waals surface area (Å²) in [5.74, 6) is 0.794. The quantitative estimate of drug-likeness (QED) is 0.525. The molecule has 0 radical (unpaired) electrons. The summed E-state index contributed by atoms with van der Waals surface area (Å²) in [4.78, 5) is 13.8. The maximum absolute atomic E-state index is 12.8. The van der Waals surface area contributed by atoms with Gasteiger partial charge in [0.1, 0.15) is 18.1 Å². The second-order valence-corrected chi connectivity index (χ2v) is 7.01. The average Bonchev–Trinajstić information content (AvgIpc) is 3.20. The first kappa shape index (κ1) is 16.5. The fourth-order valence-corrected chi connectivity index (χ4v) is 3.59. The number of fused-ring (bicyclic) bond motifs is 1. The molecule has 130 valence electrons. The number of nitrogens with zero attached hydrogens (tertiary/aromatic N) is 2. The number of benzene rings is 2. The number of rotatable bonds is 5. The molecule has 0 bridgehead atoms. The van der Waals surface area contributed by atoms with Crippen molar-refractivity contribution in [3.63, 3.8) is 0 Å². The molecule has 0 unspecified atom stereocenters. The van der Waals surface area contributed by atoms with Gasteiger partial charge < -0.3 is 4.74 Å². The van der Waals surface area contributed by atoms with E-state index in [0.717, 1.165) is 21.7 Å². The summed E-state index contributed by atoms with van der Waals surface area (Å²) in [7, 11) is 0. The summed E-state index contributed by atoms with van der Waals surface area (Å²) in [5.41, 5.74) is 1.93. The maximum atomic E-state index is 12.8. The van der Waals surface area contributed by atoms with Crippen LogP contribution in [-0.4, -0.2) is 16.4 Å². The minimum atomic E-state index is -0.0894. The zero-order valence-corrected chi connectivity index (χ0v) is 15.2. The Kier molecular flexibility index (Phi) is 4.54. The second kappa shape index (κ2) is 7.14. The largest absolute Gasteiger partial charge is 0.492 e. The Hall–Kier alpha value is -2.92. The van der Waals surface area contributed by atoms with Crippen molar-refractivity contribution in [1.82, 2.24) is 9.78 Å².